The SMILES string of the molecule is O=C1NN(c2ccccc2)CCO1. The van der Waals surface area contributed by atoms with Gasteiger partial charge in [-0.15, -0.1) is 0 Å². The van der Waals surface area contributed by atoms with Gasteiger partial charge >= 0.3 is 6.09 Å². The summed E-state index contributed by atoms with van der Waals surface area (Å²) in [6.07, 6.45) is -0.393. The van der Waals surface area contributed by atoms with Crippen LogP contribution in [0.15, 0.2) is 30.3 Å². The third-order valence-electron chi connectivity index (χ3n) is 1.84. The number of anilines is 1. The number of amides is 1. The fourth-order valence-electron chi connectivity index (χ4n) is 1.23. The van der Waals surface area contributed by atoms with Crippen molar-refractivity contribution in [2.75, 3.05) is 18.2 Å². The fraction of sp³-hybridized carbons (Fsp3) is 0.222. The number of nitrogens with zero attached hydrogens (tertiary/aromatic N) is 1. The Balaban J connectivity index is 2.13. The van der Waals surface area contributed by atoms with Crippen molar-refractivity contribution in [3.8, 4) is 0 Å². The van der Waals surface area contributed by atoms with Crippen molar-refractivity contribution < 1.29 is 9.53 Å². The second-order valence-electron chi connectivity index (χ2n) is 2.73. The van der Waals surface area contributed by atoms with Gasteiger partial charge in [0.1, 0.15) is 6.61 Å². The van der Waals surface area contributed by atoms with Crippen LogP contribution >= 0.6 is 0 Å². The monoisotopic (exact) mass is 178 g/mol. The van der Waals surface area contributed by atoms with Crippen LogP contribution < -0.4 is 10.4 Å². The van der Waals surface area contributed by atoms with Crippen LogP contribution in [0.3, 0.4) is 0 Å². The molecule has 0 aromatic heterocycles. The lowest BCUT2D eigenvalue weighted by atomic mass is 10.3. The second-order valence-corrected chi connectivity index (χ2v) is 2.73. The van der Waals surface area contributed by atoms with E-state index in [4.69, 9.17) is 4.74 Å². The maximum Gasteiger partial charge on any atom is 0.426 e. The average molecular weight is 178 g/mol. The summed E-state index contributed by atoms with van der Waals surface area (Å²) < 4.78 is 4.74. The summed E-state index contributed by atoms with van der Waals surface area (Å²) in [6, 6.07) is 9.66. The first kappa shape index (κ1) is 7.91. The van der Waals surface area contributed by atoms with Crippen LogP contribution in [-0.4, -0.2) is 19.2 Å². The van der Waals surface area contributed by atoms with Crippen molar-refractivity contribution in [2.24, 2.45) is 0 Å². The molecular weight excluding hydrogens is 168 g/mol. The third-order valence-corrected chi connectivity index (χ3v) is 1.84. The molecule has 2 rings (SSSR count). The van der Waals surface area contributed by atoms with Crippen molar-refractivity contribution in [3.05, 3.63) is 30.3 Å². The minimum Gasteiger partial charge on any atom is -0.446 e. The van der Waals surface area contributed by atoms with Gasteiger partial charge in [0.2, 0.25) is 0 Å². The lowest BCUT2D eigenvalue weighted by Gasteiger charge is -2.28. The first-order valence-corrected chi connectivity index (χ1v) is 4.12. The highest BCUT2D eigenvalue weighted by atomic mass is 16.6. The van der Waals surface area contributed by atoms with E-state index in [1.165, 1.54) is 0 Å². The molecular formula is C9H10N2O2. The third kappa shape index (κ3) is 1.72. The smallest absolute Gasteiger partial charge is 0.426 e. The minimum absolute atomic E-state index is 0.393. The highest BCUT2D eigenvalue weighted by molar-refractivity contribution is 5.71. The molecule has 1 aliphatic rings. The van der Waals surface area contributed by atoms with Crippen molar-refractivity contribution in [2.45, 2.75) is 0 Å². The van der Waals surface area contributed by atoms with Gasteiger partial charge in [-0.1, -0.05) is 18.2 Å². The number of para-hydroxylation sites is 1. The lowest BCUT2D eigenvalue weighted by molar-refractivity contribution is 0.132. The molecule has 1 N–H and O–H groups in total. The zero-order valence-electron chi connectivity index (χ0n) is 7.06. The first-order valence-electron chi connectivity index (χ1n) is 4.12. The number of carbonyl (C=O) groups is 1. The predicted octanol–water partition coefficient (Wildman–Crippen LogP) is 1.15. The molecule has 0 spiro atoms. The fourth-order valence-corrected chi connectivity index (χ4v) is 1.23. The van der Waals surface area contributed by atoms with Crippen LogP contribution in [0.4, 0.5) is 10.5 Å². The molecule has 1 aliphatic heterocycles. The summed E-state index contributed by atoms with van der Waals surface area (Å²) >= 11 is 0. The number of hydrogen-bond acceptors (Lipinski definition) is 3. The Labute approximate surface area is 76.1 Å². The van der Waals surface area contributed by atoms with E-state index in [2.05, 4.69) is 5.43 Å². The number of ether oxygens (including phenoxy) is 1. The second kappa shape index (κ2) is 3.35. The number of hydrazine groups is 1. The van der Waals surface area contributed by atoms with Crippen molar-refractivity contribution in [1.29, 1.82) is 0 Å². The average Bonchev–Trinajstić information content (AvgIpc) is 2.19. The Hall–Kier alpha value is -1.71. The van der Waals surface area contributed by atoms with E-state index in [9.17, 15) is 4.79 Å². The Bertz CT molecular complexity index is 300. The highest BCUT2D eigenvalue weighted by Crippen LogP contribution is 2.11. The van der Waals surface area contributed by atoms with Gasteiger partial charge in [0.25, 0.3) is 0 Å². The van der Waals surface area contributed by atoms with Gasteiger partial charge in [-0.25, -0.2) is 10.2 Å². The number of cyclic esters (lactones) is 1. The molecule has 4 heteroatoms. The molecule has 0 aliphatic carbocycles. The van der Waals surface area contributed by atoms with Gasteiger partial charge in [0, 0.05) is 0 Å². The number of carbonyl (C=O) groups excluding carboxylic acids is 1. The Morgan fingerprint density at radius 3 is 2.77 bits per heavy atom. The molecule has 0 bridgehead atoms. The van der Waals surface area contributed by atoms with E-state index in [0.717, 1.165) is 5.69 Å². The molecule has 1 fully saturated rings. The molecule has 1 aromatic carbocycles. The van der Waals surface area contributed by atoms with Gasteiger partial charge in [-0.05, 0) is 12.1 Å². The molecule has 1 saturated heterocycles. The van der Waals surface area contributed by atoms with Gasteiger partial charge < -0.3 is 4.74 Å². The van der Waals surface area contributed by atoms with Crippen molar-refractivity contribution >= 4 is 11.8 Å². The molecule has 0 atom stereocenters. The largest absolute Gasteiger partial charge is 0.446 e. The van der Waals surface area contributed by atoms with Crippen molar-refractivity contribution in [1.82, 2.24) is 5.43 Å². The van der Waals surface area contributed by atoms with Crippen LogP contribution in [0.1, 0.15) is 0 Å². The maximum atomic E-state index is 10.9. The molecule has 4 nitrogen and oxygen atoms in total. The van der Waals surface area contributed by atoms with E-state index in [1.807, 2.05) is 30.3 Å². The number of nitrogens with one attached hydrogen (secondary N) is 1. The van der Waals surface area contributed by atoms with E-state index in [-0.39, 0.29) is 0 Å². The topological polar surface area (TPSA) is 41.6 Å². The summed E-state index contributed by atoms with van der Waals surface area (Å²) in [5.74, 6) is 0. The summed E-state index contributed by atoms with van der Waals surface area (Å²) in [5.41, 5.74) is 3.58. The summed E-state index contributed by atoms with van der Waals surface area (Å²) in [6.45, 7) is 1.11. The van der Waals surface area contributed by atoms with Crippen molar-refractivity contribution in [3.63, 3.8) is 0 Å². The highest BCUT2D eigenvalue weighted by Gasteiger charge is 2.16. The summed E-state index contributed by atoms with van der Waals surface area (Å²) in [4.78, 5) is 10.9. The molecule has 0 unspecified atom stereocenters. The normalized spacial score (nSPS) is 16.3. The summed E-state index contributed by atoms with van der Waals surface area (Å²) in [5, 5.41) is 1.77. The van der Waals surface area contributed by atoms with Gasteiger partial charge in [0.15, 0.2) is 0 Å². The van der Waals surface area contributed by atoms with E-state index < -0.39 is 6.09 Å². The minimum atomic E-state index is -0.393. The number of rotatable bonds is 1. The Kier molecular flexibility index (Phi) is 2.04. The first-order chi connectivity index (χ1) is 6.36. The van der Waals surface area contributed by atoms with Crippen LogP contribution in [0, 0.1) is 0 Å². The molecule has 13 heavy (non-hydrogen) atoms. The quantitative estimate of drug-likeness (QED) is 0.701. The molecule has 1 amide bonds. The molecule has 0 radical (unpaired) electrons. The molecule has 0 saturated carbocycles. The van der Waals surface area contributed by atoms with E-state index in [1.54, 1.807) is 5.01 Å². The van der Waals surface area contributed by atoms with Gasteiger partial charge in [-0.3, -0.25) is 5.01 Å². The zero-order chi connectivity index (χ0) is 9.10. The summed E-state index contributed by atoms with van der Waals surface area (Å²) in [7, 11) is 0. The molecule has 68 valence electrons. The standard InChI is InChI=1S/C9H10N2O2/c12-9-10-11(6-7-13-9)8-4-2-1-3-5-8/h1-5H,6-7H2,(H,10,12). The van der Waals surface area contributed by atoms with E-state index in [0.29, 0.717) is 13.2 Å². The predicted molar refractivity (Wildman–Crippen MR) is 48.3 cm³/mol. The number of benzene rings is 1. The molecule has 1 heterocycles. The van der Waals surface area contributed by atoms with Gasteiger partial charge in [0.05, 0.1) is 12.2 Å². The molecule has 1 aromatic rings. The van der Waals surface area contributed by atoms with Crippen LogP contribution in [0.25, 0.3) is 0 Å². The van der Waals surface area contributed by atoms with Crippen LogP contribution in [0.5, 0.6) is 0 Å². The van der Waals surface area contributed by atoms with Crippen LogP contribution in [-0.2, 0) is 4.74 Å². The zero-order valence-corrected chi connectivity index (χ0v) is 7.06. The van der Waals surface area contributed by atoms with Gasteiger partial charge in [-0.2, -0.15) is 0 Å². The Morgan fingerprint density at radius 2 is 2.08 bits per heavy atom. The lowest BCUT2D eigenvalue weighted by Crippen LogP contribution is -2.49. The van der Waals surface area contributed by atoms with Crippen LogP contribution in [0.2, 0.25) is 0 Å². The van der Waals surface area contributed by atoms with E-state index >= 15 is 0 Å². The maximum absolute atomic E-state index is 10.9. The number of hydrogen-bond donors (Lipinski definition) is 1. The Morgan fingerprint density at radius 1 is 1.31 bits per heavy atom.